The summed E-state index contributed by atoms with van der Waals surface area (Å²) in [6, 6.07) is 6.12. The fourth-order valence-electron chi connectivity index (χ4n) is 4.30. The number of benzene rings is 1. The maximum absolute atomic E-state index is 13.5. The van der Waals surface area contributed by atoms with Crippen LogP contribution in [-0.4, -0.2) is 31.8 Å². The topological polar surface area (TPSA) is 86.0 Å². The first-order valence-corrected chi connectivity index (χ1v) is 10.6. The van der Waals surface area contributed by atoms with E-state index in [4.69, 9.17) is 0 Å². The van der Waals surface area contributed by atoms with Gasteiger partial charge >= 0.3 is 0 Å². The highest BCUT2D eigenvalue weighted by molar-refractivity contribution is 6.44. The Morgan fingerprint density at radius 1 is 1.09 bits per heavy atom. The van der Waals surface area contributed by atoms with Crippen molar-refractivity contribution in [2.75, 3.05) is 5.32 Å². The minimum absolute atomic E-state index is 0.00945. The zero-order valence-corrected chi connectivity index (χ0v) is 20.0. The molecular weight excluding hydrogens is 423 g/mol. The molecule has 3 rings (SSSR count). The van der Waals surface area contributed by atoms with Gasteiger partial charge in [-0.3, -0.25) is 19.1 Å². The lowest BCUT2D eigenvalue weighted by Gasteiger charge is -2.23. The third kappa shape index (κ3) is 4.51. The molecule has 0 aliphatic rings. The van der Waals surface area contributed by atoms with E-state index in [2.05, 4.69) is 10.4 Å². The van der Waals surface area contributed by atoms with Gasteiger partial charge < -0.3 is 9.88 Å². The van der Waals surface area contributed by atoms with Gasteiger partial charge in [-0.2, -0.15) is 5.10 Å². The van der Waals surface area contributed by atoms with Crippen LogP contribution in [0, 0.1) is 26.6 Å². The van der Waals surface area contributed by atoms with Crippen molar-refractivity contribution >= 4 is 23.2 Å². The van der Waals surface area contributed by atoms with Crippen molar-refractivity contribution < 1.29 is 18.8 Å². The highest BCUT2D eigenvalue weighted by Crippen LogP contribution is 2.29. The predicted molar refractivity (Wildman–Crippen MR) is 124 cm³/mol. The zero-order valence-electron chi connectivity index (χ0n) is 20.0. The Hall–Kier alpha value is -3.55. The first-order valence-electron chi connectivity index (χ1n) is 10.6. The molecule has 0 aliphatic carbocycles. The highest BCUT2D eigenvalue weighted by atomic mass is 19.1. The van der Waals surface area contributed by atoms with Crippen molar-refractivity contribution in [1.82, 2.24) is 14.3 Å². The standard InChI is InChI=1S/C25H29FN4O3/c1-14-12-17(8-9-18(14)26)28-24(33)22-15(2)21(16(3)29(22)6)23(32)19(31)13-25(4,5)20-10-11-27-30(20)7/h8-12H,13H2,1-7H3,(H,28,33). The van der Waals surface area contributed by atoms with Crippen LogP contribution >= 0.6 is 0 Å². The molecule has 7 nitrogen and oxygen atoms in total. The van der Waals surface area contributed by atoms with E-state index in [1.165, 1.54) is 18.2 Å². The molecule has 0 unspecified atom stereocenters. The van der Waals surface area contributed by atoms with Crippen LogP contribution in [0.3, 0.4) is 0 Å². The summed E-state index contributed by atoms with van der Waals surface area (Å²) in [6.45, 7) is 8.76. The smallest absolute Gasteiger partial charge is 0.272 e. The van der Waals surface area contributed by atoms with Gasteiger partial charge in [-0.25, -0.2) is 4.39 Å². The Kier molecular flexibility index (Phi) is 6.40. The maximum atomic E-state index is 13.5. The zero-order chi connectivity index (χ0) is 24.7. The van der Waals surface area contributed by atoms with Gasteiger partial charge in [0, 0.05) is 49.2 Å². The lowest BCUT2D eigenvalue weighted by Crippen LogP contribution is -2.29. The van der Waals surface area contributed by atoms with Gasteiger partial charge in [-0.05, 0) is 56.2 Å². The van der Waals surface area contributed by atoms with Crippen molar-refractivity contribution in [3.05, 3.63) is 70.1 Å². The Bertz CT molecular complexity index is 1270. The number of aromatic nitrogens is 3. The number of carbonyl (C=O) groups excluding carboxylic acids is 3. The van der Waals surface area contributed by atoms with E-state index in [0.717, 1.165) is 5.69 Å². The number of carbonyl (C=O) groups is 3. The molecule has 0 atom stereocenters. The van der Waals surface area contributed by atoms with Crippen molar-refractivity contribution in [3.8, 4) is 0 Å². The molecule has 1 N–H and O–H groups in total. The Morgan fingerprint density at radius 2 is 1.76 bits per heavy atom. The van der Waals surface area contributed by atoms with Crippen LogP contribution in [0.15, 0.2) is 30.5 Å². The van der Waals surface area contributed by atoms with Gasteiger partial charge in [0.25, 0.3) is 5.91 Å². The average molecular weight is 453 g/mol. The highest BCUT2D eigenvalue weighted by Gasteiger charge is 2.33. The molecule has 8 heteroatoms. The van der Waals surface area contributed by atoms with Gasteiger partial charge in [-0.15, -0.1) is 0 Å². The van der Waals surface area contributed by atoms with Crippen molar-refractivity contribution in [2.24, 2.45) is 14.1 Å². The van der Waals surface area contributed by atoms with Gasteiger partial charge in [0.1, 0.15) is 11.5 Å². The molecule has 2 heterocycles. The first kappa shape index (κ1) is 24.1. The number of anilines is 1. The van der Waals surface area contributed by atoms with E-state index in [9.17, 15) is 18.8 Å². The summed E-state index contributed by atoms with van der Waals surface area (Å²) in [4.78, 5) is 39.2. The second-order valence-corrected chi connectivity index (χ2v) is 9.06. The number of aryl methyl sites for hydroxylation is 2. The number of ketones is 2. The molecule has 1 aromatic carbocycles. The van der Waals surface area contributed by atoms with Crippen LogP contribution < -0.4 is 5.32 Å². The summed E-state index contributed by atoms with van der Waals surface area (Å²) < 4.78 is 16.8. The molecule has 0 radical (unpaired) electrons. The monoisotopic (exact) mass is 452 g/mol. The molecule has 0 saturated heterocycles. The SMILES string of the molecule is Cc1cc(NC(=O)c2c(C)c(C(=O)C(=O)CC(C)(C)c3ccnn3C)c(C)n2C)ccc1F. The number of nitrogens with one attached hydrogen (secondary N) is 1. The van der Waals surface area contributed by atoms with Gasteiger partial charge in [0.05, 0.1) is 5.56 Å². The Morgan fingerprint density at radius 3 is 2.33 bits per heavy atom. The van der Waals surface area contributed by atoms with Crippen molar-refractivity contribution in [2.45, 2.75) is 46.5 Å². The largest absolute Gasteiger partial charge is 0.343 e. The molecule has 0 bridgehead atoms. The molecule has 0 saturated carbocycles. The third-order valence-electron chi connectivity index (χ3n) is 6.16. The van der Waals surface area contributed by atoms with Crippen LogP contribution in [-0.2, 0) is 24.3 Å². The van der Waals surface area contributed by atoms with Crippen LogP contribution in [0.5, 0.6) is 0 Å². The van der Waals surface area contributed by atoms with E-state index in [1.807, 2.05) is 19.9 Å². The van der Waals surface area contributed by atoms with Crippen molar-refractivity contribution in [1.29, 1.82) is 0 Å². The number of rotatable bonds is 7. The molecular formula is C25H29FN4O3. The van der Waals surface area contributed by atoms with Crippen LogP contribution in [0.2, 0.25) is 0 Å². The van der Waals surface area contributed by atoms with E-state index in [1.54, 1.807) is 50.3 Å². The number of amides is 1. The minimum atomic E-state index is -0.618. The predicted octanol–water partition coefficient (Wildman–Crippen LogP) is 4.19. The van der Waals surface area contributed by atoms with Gasteiger partial charge in [0.2, 0.25) is 11.6 Å². The Labute approximate surface area is 192 Å². The van der Waals surface area contributed by atoms with E-state index in [0.29, 0.717) is 22.5 Å². The normalized spacial score (nSPS) is 11.5. The lowest BCUT2D eigenvalue weighted by molar-refractivity contribution is -0.116. The minimum Gasteiger partial charge on any atom is -0.343 e. The second kappa shape index (κ2) is 8.77. The second-order valence-electron chi connectivity index (χ2n) is 9.06. The van der Waals surface area contributed by atoms with Gasteiger partial charge in [0.15, 0.2) is 0 Å². The number of hydrogen-bond acceptors (Lipinski definition) is 4. The third-order valence-corrected chi connectivity index (χ3v) is 6.16. The summed E-state index contributed by atoms with van der Waals surface area (Å²) in [5, 5.41) is 6.90. The summed E-state index contributed by atoms with van der Waals surface area (Å²) in [5.74, 6) is -1.95. The number of nitrogens with zero attached hydrogens (tertiary/aromatic N) is 3. The van der Waals surface area contributed by atoms with Crippen molar-refractivity contribution in [3.63, 3.8) is 0 Å². The summed E-state index contributed by atoms with van der Waals surface area (Å²) in [5.41, 5.74) is 2.59. The van der Waals surface area contributed by atoms with E-state index in [-0.39, 0.29) is 23.5 Å². The summed E-state index contributed by atoms with van der Waals surface area (Å²) in [6.07, 6.45) is 1.66. The maximum Gasteiger partial charge on any atom is 0.272 e. The average Bonchev–Trinajstić information content (AvgIpc) is 3.25. The molecule has 0 aliphatic heterocycles. The molecule has 1 amide bonds. The van der Waals surface area contributed by atoms with E-state index < -0.39 is 22.9 Å². The fraction of sp³-hybridized carbons (Fsp3) is 0.360. The Balaban J connectivity index is 1.88. The van der Waals surface area contributed by atoms with Crippen LogP contribution in [0.4, 0.5) is 10.1 Å². The molecule has 2 aromatic heterocycles. The van der Waals surface area contributed by atoms with E-state index >= 15 is 0 Å². The van der Waals surface area contributed by atoms with Crippen LogP contribution in [0.1, 0.15) is 63.6 Å². The molecule has 0 fully saturated rings. The molecule has 3 aromatic rings. The number of hydrogen-bond donors (Lipinski definition) is 1. The van der Waals surface area contributed by atoms with Gasteiger partial charge in [-0.1, -0.05) is 13.8 Å². The van der Waals surface area contributed by atoms with Crippen LogP contribution in [0.25, 0.3) is 0 Å². The molecule has 174 valence electrons. The molecule has 33 heavy (non-hydrogen) atoms. The number of Topliss-reactive ketones (excluding diaryl/α,β-unsaturated/α-hetero) is 2. The molecule has 0 spiro atoms. The summed E-state index contributed by atoms with van der Waals surface area (Å²) in [7, 11) is 3.47. The first-order chi connectivity index (χ1) is 15.3. The number of halogens is 1. The fourth-order valence-corrected chi connectivity index (χ4v) is 4.30. The summed E-state index contributed by atoms with van der Waals surface area (Å²) >= 11 is 0. The lowest BCUT2D eigenvalue weighted by atomic mass is 9.82. The quantitative estimate of drug-likeness (QED) is 0.430.